The third kappa shape index (κ3) is 2.33. The van der Waals surface area contributed by atoms with Crippen molar-refractivity contribution in [3.05, 3.63) is 6.20 Å². The monoisotopic (exact) mass is 259 g/mol. The van der Waals surface area contributed by atoms with Crippen LogP contribution in [0.3, 0.4) is 0 Å². The molecule has 8 heteroatoms. The SMILES string of the molecule is CNC1CCCN(S(=O)(=O)c2cnnn2C)C1. The molecule has 0 amide bonds. The van der Waals surface area contributed by atoms with Crippen LogP contribution in [0.4, 0.5) is 0 Å². The molecule has 1 atom stereocenters. The van der Waals surface area contributed by atoms with E-state index in [2.05, 4.69) is 15.6 Å². The van der Waals surface area contributed by atoms with Gasteiger partial charge in [-0.1, -0.05) is 5.21 Å². The zero-order valence-corrected chi connectivity index (χ0v) is 10.8. The fourth-order valence-corrected chi connectivity index (χ4v) is 3.60. The van der Waals surface area contributed by atoms with E-state index in [4.69, 9.17) is 0 Å². The molecule has 0 aromatic carbocycles. The highest BCUT2D eigenvalue weighted by Gasteiger charge is 2.31. The van der Waals surface area contributed by atoms with Crippen molar-refractivity contribution in [1.29, 1.82) is 0 Å². The van der Waals surface area contributed by atoms with E-state index >= 15 is 0 Å². The highest BCUT2D eigenvalue weighted by atomic mass is 32.2. The number of sulfonamides is 1. The second-order valence-electron chi connectivity index (χ2n) is 4.19. The molecule has 1 aliphatic heterocycles. The molecule has 1 N–H and O–H groups in total. The van der Waals surface area contributed by atoms with Gasteiger partial charge in [0.05, 0.1) is 6.20 Å². The molecule has 17 heavy (non-hydrogen) atoms. The summed E-state index contributed by atoms with van der Waals surface area (Å²) < 4.78 is 27.4. The van der Waals surface area contributed by atoms with Crippen LogP contribution in [0.5, 0.6) is 0 Å². The highest BCUT2D eigenvalue weighted by Crippen LogP contribution is 2.19. The lowest BCUT2D eigenvalue weighted by molar-refractivity contribution is 0.291. The van der Waals surface area contributed by atoms with E-state index < -0.39 is 10.0 Å². The summed E-state index contributed by atoms with van der Waals surface area (Å²) in [6, 6.07) is 0.222. The van der Waals surface area contributed by atoms with Gasteiger partial charge in [0.2, 0.25) is 0 Å². The van der Waals surface area contributed by atoms with Crippen LogP contribution in [0.15, 0.2) is 11.2 Å². The number of nitrogens with one attached hydrogen (secondary N) is 1. The van der Waals surface area contributed by atoms with Crippen LogP contribution in [-0.2, 0) is 17.1 Å². The summed E-state index contributed by atoms with van der Waals surface area (Å²) in [5.41, 5.74) is 0. The molecule has 7 nitrogen and oxygen atoms in total. The Labute approximate surface area is 101 Å². The third-order valence-electron chi connectivity index (χ3n) is 3.07. The lowest BCUT2D eigenvalue weighted by Gasteiger charge is -2.31. The second kappa shape index (κ2) is 4.71. The Balaban J connectivity index is 2.24. The third-order valence-corrected chi connectivity index (χ3v) is 4.98. The Hall–Kier alpha value is -0.990. The standard InChI is InChI=1S/C9H17N5O2S/c1-10-8-4-3-5-14(7-8)17(15,16)9-6-11-12-13(9)2/h6,8,10H,3-5,7H2,1-2H3. The number of rotatable bonds is 3. The minimum absolute atomic E-state index is 0.147. The van der Waals surface area contributed by atoms with Crippen LogP contribution in [0.25, 0.3) is 0 Å². The summed E-state index contributed by atoms with van der Waals surface area (Å²) in [5, 5.41) is 10.5. The molecule has 2 rings (SSSR count). The number of piperidine rings is 1. The molecule has 2 heterocycles. The van der Waals surface area contributed by atoms with Crippen LogP contribution in [0, 0.1) is 0 Å². The molecule has 0 saturated carbocycles. The van der Waals surface area contributed by atoms with Crippen LogP contribution in [-0.4, -0.2) is 53.9 Å². The lowest BCUT2D eigenvalue weighted by atomic mass is 10.1. The Bertz CT molecular complexity index is 483. The first kappa shape index (κ1) is 12.5. The van der Waals surface area contributed by atoms with Crippen LogP contribution in [0.2, 0.25) is 0 Å². The van der Waals surface area contributed by atoms with E-state index in [0.29, 0.717) is 13.1 Å². The summed E-state index contributed by atoms with van der Waals surface area (Å²) in [6.07, 6.45) is 3.17. The van der Waals surface area contributed by atoms with E-state index in [0.717, 1.165) is 12.8 Å². The van der Waals surface area contributed by atoms with Gasteiger partial charge in [-0.15, -0.1) is 5.10 Å². The van der Waals surface area contributed by atoms with Gasteiger partial charge in [-0.25, -0.2) is 13.1 Å². The molecule has 96 valence electrons. The minimum atomic E-state index is -3.46. The lowest BCUT2D eigenvalue weighted by Crippen LogP contribution is -2.47. The van der Waals surface area contributed by atoms with Crippen LogP contribution in [0.1, 0.15) is 12.8 Å². The summed E-state index contributed by atoms with van der Waals surface area (Å²) in [6.45, 7) is 1.07. The van der Waals surface area contributed by atoms with Gasteiger partial charge in [-0.05, 0) is 19.9 Å². The fraction of sp³-hybridized carbons (Fsp3) is 0.778. The molecule has 0 bridgehead atoms. The maximum Gasteiger partial charge on any atom is 0.261 e. The Kier molecular flexibility index (Phi) is 3.45. The first-order valence-corrected chi connectivity index (χ1v) is 7.02. The second-order valence-corrected chi connectivity index (χ2v) is 6.07. The average molecular weight is 259 g/mol. The predicted molar refractivity (Wildman–Crippen MR) is 61.8 cm³/mol. The number of hydrogen-bond acceptors (Lipinski definition) is 5. The smallest absolute Gasteiger partial charge is 0.261 e. The first-order chi connectivity index (χ1) is 8.05. The van der Waals surface area contributed by atoms with Gasteiger partial charge < -0.3 is 5.32 Å². The number of nitrogens with zero attached hydrogens (tertiary/aromatic N) is 4. The molecule has 1 unspecified atom stereocenters. The molecule has 0 spiro atoms. The Morgan fingerprint density at radius 1 is 1.53 bits per heavy atom. The maximum absolute atomic E-state index is 12.3. The zero-order chi connectivity index (χ0) is 12.5. The fourth-order valence-electron chi connectivity index (χ4n) is 2.04. The zero-order valence-electron chi connectivity index (χ0n) is 10.00. The number of aromatic nitrogens is 3. The van der Waals surface area contributed by atoms with Gasteiger partial charge in [-0.2, -0.15) is 4.31 Å². The molecule has 1 aliphatic rings. The van der Waals surface area contributed by atoms with Crippen molar-refractivity contribution in [3.63, 3.8) is 0 Å². The molecule has 0 radical (unpaired) electrons. The first-order valence-electron chi connectivity index (χ1n) is 5.58. The maximum atomic E-state index is 12.3. The van der Waals surface area contributed by atoms with Crippen molar-refractivity contribution < 1.29 is 8.42 Å². The Morgan fingerprint density at radius 2 is 2.29 bits per heavy atom. The van der Waals surface area contributed by atoms with Gasteiger partial charge in [0.15, 0.2) is 5.03 Å². The number of aryl methyl sites for hydroxylation is 1. The van der Waals surface area contributed by atoms with E-state index in [1.807, 2.05) is 7.05 Å². The quantitative estimate of drug-likeness (QED) is 0.768. The average Bonchev–Trinajstić information content (AvgIpc) is 2.76. The summed E-state index contributed by atoms with van der Waals surface area (Å²) in [7, 11) is -0.0248. The van der Waals surface area contributed by atoms with E-state index in [1.54, 1.807) is 7.05 Å². The van der Waals surface area contributed by atoms with Gasteiger partial charge in [0.1, 0.15) is 0 Å². The van der Waals surface area contributed by atoms with E-state index in [1.165, 1.54) is 15.2 Å². The molecular formula is C9H17N5O2S. The molecule has 1 saturated heterocycles. The minimum Gasteiger partial charge on any atom is -0.316 e. The summed E-state index contributed by atoms with van der Waals surface area (Å²) in [5.74, 6) is 0. The molecule has 1 fully saturated rings. The van der Waals surface area contributed by atoms with Gasteiger partial charge in [0.25, 0.3) is 10.0 Å². The highest BCUT2D eigenvalue weighted by molar-refractivity contribution is 7.89. The normalized spacial score (nSPS) is 22.8. The number of likely N-dealkylation sites (N-methyl/N-ethyl adjacent to an activating group) is 1. The van der Waals surface area contributed by atoms with Crippen molar-refractivity contribution in [1.82, 2.24) is 24.6 Å². The van der Waals surface area contributed by atoms with Crippen molar-refractivity contribution >= 4 is 10.0 Å². The predicted octanol–water partition coefficient (Wildman–Crippen LogP) is -0.812. The topological polar surface area (TPSA) is 80.1 Å². The largest absolute Gasteiger partial charge is 0.316 e. The van der Waals surface area contributed by atoms with Crippen LogP contribution < -0.4 is 5.32 Å². The van der Waals surface area contributed by atoms with E-state index in [9.17, 15) is 8.42 Å². The van der Waals surface area contributed by atoms with E-state index in [-0.39, 0.29) is 11.1 Å². The Morgan fingerprint density at radius 3 is 2.88 bits per heavy atom. The summed E-state index contributed by atoms with van der Waals surface area (Å²) in [4.78, 5) is 0. The molecule has 1 aromatic heterocycles. The molecule has 0 aliphatic carbocycles. The van der Waals surface area contributed by atoms with Gasteiger partial charge in [-0.3, -0.25) is 0 Å². The molecular weight excluding hydrogens is 242 g/mol. The van der Waals surface area contributed by atoms with Crippen molar-refractivity contribution in [2.45, 2.75) is 23.9 Å². The van der Waals surface area contributed by atoms with Gasteiger partial charge >= 0.3 is 0 Å². The molecule has 1 aromatic rings. The van der Waals surface area contributed by atoms with Gasteiger partial charge in [0, 0.05) is 26.2 Å². The van der Waals surface area contributed by atoms with Crippen molar-refractivity contribution in [3.8, 4) is 0 Å². The number of hydrogen-bond donors (Lipinski definition) is 1. The van der Waals surface area contributed by atoms with Crippen molar-refractivity contribution in [2.75, 3.05) is 20.1 Å². The van der Waals surface area contributed by atoms with Crippen LogP contribution >= 0.6 is 0 Å². The van der Waals surface area contributed by atoms with Crippen molar-refractivity contribution in [2.24, 2.45) is 7.05 Å². The summed E-state index contributed by atoms with van der Waals surface area (Å²) >= 11 is 0.